The minimum atomic E-state index is -0.289. The summed E-state index contributed by atoms with van der Waals surface area (Å²) in [5.41, 5.74) is 2.77. The van der Waals surface area contributed by atoms with Gasteiger partial charge in [0.2, 0.25) is 0 Å². The lowest BCUT2D eigenvalue weighted by Crippen LogP contribution is -2.27. The monoisotopic (exact) mass is 352 g/mol. The molecule has 0 saturated heterocycles. The Bertz CT molecular complexity index is 945. The van der Waals surface area contributed by atoms with Gasteiger partial charge in [-0.25, -0.2) is 4.98 Å². The Kier molecular flexibility index (Phi) is 4.88. The van der Waals surface area contributed by atoms with Crippen molar-refractivity contribution in [2.75, 3.05) is 26.0 Å². The molecule has 0 aliphatic carbocycles. The number of benzene rings is 1. The Morgan fingerprint density at radius 2 is 1.92 bits per heavy atom. The van der Waals surface area contributed by atoms with Crippen LogP contribution in [0.15, 0.2) is 48.8 Å². The number of ether oxygens (including phenoxy) is 1. The second kappa shape index (κ2) is 7.26. The van der Waals surface area contributed by atoms with E-state index in [1.807, 2.05) is 25.3 Å². The third-order valence-corrected chi connectivity index (χ3v) is 3.82. The Hall–Kier alpha value is -3.35. The van der Waals surface area contributed by atoms with Crippen LogP contribution < -0.4 is 10.1 Å². The third kappa shape index (κ3) is 4.00. The number of amides is 2. The summed E-state index contributed by atoms with van der Waals surface area (Å²) in [7, 11) is 3.34. The largest absolute Gasteiger partial charge is 0.484 e. The third-order valence-electron chi connectivity index (χ3n) is 3.82. The van der Waals surface area contributed by atoms with E-state index in [1.165, 1.54) is 4.90 Å². The summed E-state index contributed by atoms with van der Waals surface area (Å²) in [6.07, 6.45) is 3.56. The van der Waals surface area contributed by atoms with E-state index < -0.39 is 0 Å². The number of carbonyl (C=O) groups is 2. The first kappa shape index (κ1) is 17.5. The first-order chi connectivity index (χ1) is 12.4. The number of nitrogens with one attached hydrogen (secondary N) is 1. The van der Waals surface area contributed by atoms with Gasteiger partial charge in [-0.3, -0.25) is 9.59 Å². The molecule has 0 bridgehead atoms. The highest BCUT2D eigenvalue weighted by Gasteiger charge is 2.11. The minimum Gasteiger partial charge on any atom is -0.484 e. The van der Waals surface area contributed by atoms with E-state index in [2.05, 4.69) is 10.3 Å². The summed E-state index contributed by atoms with van der Waals surface area (Å²) >= 11 is 0. The second-order valence-electron chi connectivity index (χ2n) is 6.15. The molecule has 0 aliphatic rings. The summed E-state index contributed by atoms with van der Waals surface area (Å²) in [6.45, 7) is 1.95. The summed E-state index contributed by atoms with van der Waals surface area (Å²) in [4.78, 5) is 29.7. The molecule has 2 amide bonds. The van der Waals surface area contributed by atoms with Gasteiger partial charge in [0.1, 0.15) is 17.1 Å². The van der Waals surface area contributed by atoms with Crippen LogP contribution in [0.3, 0.4) is 0 Å². The number of hydrogen-bond donors (Lipinski definition) is 1. The number of likely N-dealkylation sites (N-methyl/N-ethyl adjacent to an activating group) is 1. The Morgan fingerprint density at radius 1 is 1.19 bits per heavy atom. The fourth-order valence-corrected chi connectivity index (χ4v) is 2.30. The molecular formula is C19H20N4O3. The lowest BCUT2D eigenvalue weighted by atomic mass is 10.3. The molecule has 0 radical (unpaired) electrons. The van der Waals surface area contributed by atoms with Crippen LogP contribution in [0.1, 0.15) is 16.1 Å². The summed E-state index contributed by atoms with van der Waals surface area (Å²) in [5.74, 6) is 0.147. The van der Waals surface area contributed by atoms with Crippen LogP contribution in [-0.4, -0.2) is 46.8 Å². The molecule has 3 rings (SSSR count). The van der Waals surface area contributed by atoms with Gasteiger partial charge in [0, 0.05) is 32.2 Å². The van der Waals surface area contributed by atoms with Crippen LogP contribution in [0.5, 0.6) is 5.75 Å². The lowest BCUT2D eigenvalue weighted by molar-refractivity contribution is -0.130. The van der Waals surface area contributed by atoms with Gasteiger partial charge in [-0.1, -0.05) is 0 Å². The van der Waals surface area contributed by atoms with E-state index >= 15 is 0 Å². The van der Waals surface area contributed by atoms with E-state index in [0.29, 0.717) is 17.1 Å². The number of aromatic nitrogens is 2. The van der Waals surface area contributed by atoms with E-state index in [-0.39, 0.29) is 18.4 Å². The van der Waals surface area contributed by atoms with Crippen molar-refractivity contribution in [2.24, 2.45) is 0 Å². The van der Waals surface area contributed by atoms with Crippen LogP contribution >= 0.6 is 0 Å². The maximum Gasteiger partial charge on any atom is 0.275 e. The predicted molar refractivity (Wildman–Crippen MR) is 98.5 cm³/mol. The van der Waals surface area contributed by atoms with Gasteiger partial charge in [0.05, 0.1) is 0 Å². The number of anilines is 1. The first-order valence-electron chi connectivity index (χ1n) is 8.12. The molecule has 2 aromatic heterocycles. The van der Waals surface area contributed by atoms with Gasteiger partial charge < -0.3 is 19.4 Å². The number of imidazole rings is 1. The summed E-state index contributed by atoms with van der Waals surface area (Å²) in [6, 6.07) is 10.7. The topological polar surface area (TPSA) is 75.9 Å². The van der Waals surface area contributed by atoms with Gasteiger partial charge in [-0.2, -0.15) is 0 Å². The van der Waals surface area contributed by atoms with Crippen molar-refractivity contribution in [3.05, 3.63) is 60.0 Å². The highest BCUT2D eigenvalue weighted by atomic mass is 16.5. The zero-order valence-corrected chi connectivity index (χ0v) is 14.9. The average Bonchev–Trinajstić information content (AvgIpc) is 3.04. The highest BCUT2D eigenvalue weighted by molar-refractivity contribution is 6.03. The zero-order chi connectivity index (χ0) is 18.7. The van der Waals surface area contributed by atoms with Crippen LogP contribution in [0.25, 0.3) is 5.65 Å². The molecule has 0 spiro atoms. The number of aryl methyl sites for hydroxylation is 1. The van der Waals surface area contributed by atoms with Crippen molar-refractivity contribution < 1.29 is 14.3 Å². The molecule has 7 heteroatoms. The van der Waals surface area contributed by atoms with Gasteiger partial charge in [0.25, 0.3) is 11.8 Å². The van der Waals surface area contributed by atoms with E-state index in [0.717, 1.165) is 11.2 Å². The van der Waals surface area contributed by atoms with Gasteiger partial charge in [0.15, 0.2) is 6.61 Å². The van der Waals surface area contributed by atoms with Crippen molar-refractivity contribution in [1.29, 1.82) is 0 Å². The predicted octanol–water partition coefficient (Wildman–Crippen LogP) is 2.36. The Balaban J connectivity index is 1.64. The number of fused-ring (bicyclic) bond motifs is 1. The second-order valence-corrected chi connectivity index (χ2v) is 6.15. The molecule has 26 heavy (non-hydrogen) atoms. The molecule has 0 atom stereocenters. The number of nitrogens with zero attached hydrogens (tertiary/aromatic N) is 3. The molecule has 0 unspecified atom stereocenters. The van der Waals surface area contributed by atoms with Crippen molar-refractivity contribution in [3.8, 4) is 5.75 Å². The molecule has 7 nitrogen and oxygen atoms in total. The molecular weight excluding hydrogens is 332 g/mol. The minimum absolute atomic E-state index is 0.0284. The van der Waals surface area contributed by atoms with Gasteiger partial charge >= 0.3 is 0 Å². The van der Waals surface area contributed by atoms with Gasteiger partial charge in [-0.15, -0.1) is 0 Å². The van der Waals surface area contributed by atoms with Crippen molar-refractivity contribution in [2.45, 2.75) is 6.92 Å². The molecule has 1 N–H and O–H groups in total. The molecule has 0 aliphatic heterocycles. The van der Waals surface area contributed by atoms with Crippen molar-refractivity contribution in [3.63, 3.8) is 0 Å². The maximum absolute atomic E-state index is 12.4. The van der Waals surface area contributed by atoms with E-state index in [4.69, 9.17) is 4.74 Å². The summed E-state index contributed by atoms with van der Waals surface area (Å²) in [5, 5.41) is 2.80. The zero-order valence-electron chi connectivity index (χ0n) is 14.9. The summed E-state index contributed by atoms with van der Waals surface area (Å²) < 4.78 is 7.21. The molecule has 2 heterocycles. The SMILES string of the molecule is Cc1ccn2cc(C(=O)Nc3ccc(OCC(=O)N(C)C)cc3)nc2c1. The first-order valence-corrected chi connectivity index (χ1v) is 8.12. The smallest absolute Gasteiger partial charge is 0.275 e. The van der Waals surface area contributed by atoms with Gasteiger partial charge in [-0.05, 0) is 48.9 Å². The normalized spacial score (nSPS) is 10.6. The number of pyridine rings is 1. The van der Waals surface area contributed by atoms with E-state index in [1.54, 1.807) is 49.0 Å². The van der Waals surface area contributed by atoms with Crippen LogP contribution in [-0.2, 0) is 4.79 Å². The lowest BCUT2D eigenvalue weighted by Gasteiger charge is -2.11. The molecule has 1 aromatic carbocycles. The maximum atomic E-state index is 12.4. The van der Waals surface area contributed by atoms with E-state index in [9.17, 15) is 9.59 Å². The molecule has 3 aromatic rings. The number of hydrogen-bond acceptors (Lipinski definition) is 4. The van der Waals surface area contributed by atoms with Crippen LogP contribution in [0, 0.1) is 6.92 Å². The highest BCUT2D eigenvalue weighted by Crippen LogP contribution is 2.17. The quantitative estimate of drug-likeness (QED) is 0.765. The Labute approximate surface area is 151 Å². The average molecular weight is 352 g/mol. The molecule has 134 valence electrons. The Morgan fingerprint density at radius 3 is 2.62 bits per heavy atom. The fourth-order valence-electron chi connectivity index (χ4n) is 2.30. The van der Waals surface area contributed by atoms with Crippen molar-refractivity contribution >= 4 is 23.1 Å². The standard InChI is InChI=1S/C19H20N4O3/c1-13-8-9-23-11-16(21-17(23)10-13)19(25)20-14-4-6-15(7-5-14)26-12-18(24)22(2)3/h4-11H,12H2,1-3H3,(H,20,25). The van der Waals surface area contributed by atoms with Crippen LogP contribution in [0.2, 0.25) is 0 Å². The molecule has 0 fully saturated rings. The fraction of sp³-hybridized carbons (Fsp3) is 0.211. The number of carbonyl (C=O) groups excluding carboxylic acids is 2. The number of rotatable bonds is 5. The molecule has 0 saturated carbocycles. The van der Waals surface area contributed by atoms with Crippen LogP contribution in [0.4, 0.5) is 5.69 Å². The van der Waals surface area contributed by atoms with Crippen molar-refractivity contribution in [1.82, 2.24) is 14.3 Å².